The van der Waals surface area contributed by atoms with E-state index in [1.807, 2.05) is 38.1 Å². The molecule has 5 nitrogen and oxygen atoms in total. The molecule has 0 saturated heterocycles. The molecule has 0 bridgehead atoms. The molecule has 1 aromatic heterocycles. The number of carboxylic acids is 1. The minimum atomic E-state index is -0.771. The molecule has 1 heterocycles. The number of unbranched alkanes of at least 4 members (excludes halogenated alkanes) is 1. The van der Waals surface area contributed by atoms with E-state index < -0.39 is 5.97 Å². The van der Waals surface area contributed by atoms with E-state index in [0.29, 0.717) is 18.0 Å². The largest absolute Gasteiger partial charge is 0.481 e. The van der Waals surface area contributed by atoms with Crippen LogP contribution < -0.4 is 5.56 Å². The summed E-state index contributed by atoms with van der Waals surface area (Å²) in [5, 5.41) is 9.34. The van der Waals surface area contributed by atoms with Gasteiger partial charge >= 0.3 is 5.97 Å². The van der Waals surface area contributed by atoms with Gasteiger partial charge in [0.1, 0.15) is 0 Å². The van der Waals surface area contributed by atoms with Gasteiger partial charge in [0.15, 0.2) is 5.16 Å². The Morgan fingerprint density at radius 3 is 2.64 bits per heavy atom. The molecule has 0 radical (unpaired) electrons. The van der Waals surface area contributed by atoms with Gasteiger partial charge in [0.05, 0.1) is 0 Å². The van der Waals surface area contributed by atoms with Crippen molar-refractivity contribution >= 4 is 17.7 Å². The Balaban J connectivity index is 2.12. The maximum atomic E-state index is 12.7. The van der Waals surface area contributed by atoms with Crippen LogP contribution in [0.5, 0.6) is 0 Å². The third kappa shape index (κ3) is 5.19. The van der Waals surface area contributed by atoms with E-state index in [-0.39, 0.29) is 12.0 Å². The average molecular weight is 360 g/mol. The van der Waals surface area contributed by atoms with Crippen LogP contribution in [0.15, 0.2) is 34.2 Å². The summed E-state index contributed by atoms with van der Waals surface area (Å²) < 4.78 is 1.60. The van der Waals surface area contributed by atoms with Crippen LogP contribution in [0.25, 0.3) is 0 Å². The second kappa shape index (κ2) is 8.85. The van der Waals surface area contributed by atoms with Gasteiger partial charge < -0.3 is 5.11 Å². The fraction of sp³-hybridized carbons (Fsp3) is 0.421. The lowest BCUT2D eigenvalue weighted by Gasteiger charge is -2.13. The average Bonchev–Trinajstić information content (AvgIpc) is 2.57. The first-order chi connectivity index (χ1) is 11.9. The number of hydrogen-bond acceptors (Lipinski definition) is 4. The van der Waals surface area contributed by atoms with E-state index in [2.05, 4.69) is 4.98 Å². The van der Waals surface area contributed by atoms with Gasteiger partial charge in [0.2, 0.25) is 0 Å². The standard InChI is InChI=1S/C19H24N2O3S/c1-13-8-4-5-9-15(13)12-16-14(2)20-19(21(3)18(16)24)25-11-7-6-10-17(22)23/h4-5,8-9H,6-7,10-12H2,1-3H3,(H,22,23). The highest BCUT2D eigenvalue weighted by Crippen LogP contribution is 2.19. The summed E-state index contributed by atoms with van der Waals surface area (Å²) in [6.45, 7) is 3.92. The van der Waals surface area contributed by atoms with Crippen LogP contribution in [0.1, 0.15) is 41.6 Å². The summed E-state index contributed by atoms with van der Waals surface area (Å²) in [6, 6.07) is 8.06. The molecule has 0 unspecified atom stereocenters. The number of aryl methyl sites for hydroxylation is 2. The molecular formula is C19H24N2O3S. The Labute approximate surface area is 152 Å². The summed E-state index contributed by atoms with van der Waals surface area (Å²) in [6.07, 6.45) is 2.19. The lowest BCUT2D eigenvalue weighted by atomic mass is 10.0. The molecule has 0 saturated carbocycles. The number of aromatic nitrogens is 2. The van der Waals surface area contributed by atoms with Gasteiger partial charge in [-0.2, -0.15) is 0 Å². The summed E-state index contributed by atoms with van der Waals surface area (Å²) in [7, 11) is 1.75. The SMILES string of the molecule is Cc1ccccc1Cc1c(C)nc(SCCCCC(=O)O)n(C)c1=O. The maximum Gasteiger partial charge on any atom is 0.303 e. The van der Waals surface area contributed by atoms with Gasteiger partial charge in [-0.1, -0.05) is 36.0 Å². The van der Waals surface area contributed by atoms with E-state index in [1.54, 1.807) is 11.6 Å². The highest BCUT2D eigenvalue weighted by molar-refractivity contribution is 7.99. The van der Waals surface area contributed by atoms with Crippen LogP contribution in [0.2, 0.25) is 0 Å². The third-order valence-electron chi connectivity index (χ3n) is 4.19. The second-order valence-electron chi connectivity index (χ2n) is 6.13. The highest BCUT2D eigenvalue weighted by Gasteiger charge is 2.13. The van der Waals surface area contributed by atoms with Crippen molar-refractivity contribution in [3.63, 3.8) is 0 Å². The lowest BCUT2D eigenvalue weighted by Crippen LogP contribution is -2.26. The second-order valence-corrected chi connectivity index (χ2v) is 7.19. The molecule has 0 aliphatic heterocycles. The van der Waals surface area contributed by atoms with Gasteiger partial charge in [-0.05, 0) is 37.8 Å². The topological polar surface area (TPSA) is 72.2 Å². The van der Waals surface area contributed by atoms with Crippen molar-refractivity contribution in [2.75, 3.05) is 5.75 Å². The lowest BCUT2D eigenvalue weighted by molar-refractivity contribution is -0.137. The summed E-state index contributed by atoms with van der Waals surface area (Å²) in [5.41, 5.74) is 3.79. The van der Waals surface area contributed by atoms with Gasteiger partial charge in [-0.25, -0.2) is 4.98 Å². The number of rotatable bonds is 8. The van der Waals surface area contributed by atoms with Crippen molar-refractivity contribution in [3.8, 4) is 0 Å². The van der Waals surface area contributed by atoms with E-state index in [9.17, 15) is 9.59 Å². The normalized spacial score (nSPS) is 10.8. The number of nitrogens with zero attached hydrogens (tertiary/aromatic N) is 2. The zero-order chi connectivity index (χ0) is 18.4. The number of carboxylic acid groups (broad SMARTS) is 1. The van der Waals surface area contributed by atoms with Gasteiger partial charge in [0.25, 0.3) is 5.56 Å². The molecule has 0 fully saturated rings. The van der Waals surface area contributed by atoms with Crippen LogP contribution in [-0.2, 0) is 18.3 Å². The molecule has 0 amide bonds. The van der Waals surface area contributed by atoms with Crippen LogP contribution >= 0.6 is 11.8 Å². The molecule has 0 aliphatic rings. The zero-order valence-electron chi connectivity index (χ0n) is 14.9. The Kier molecular flexibility index (Phi) is 6.82. The Hall–Kier alpha value is -2.08. The predicted molar refractivity (Wildman–Crippen MR) is 100 cm³/mol. The smallest absolute Gasteiger partial charge is 0.303 e. The first-order valence-corrected chi connectivity index (χ1v) is 9.34. The van der Waals surface area contributed by atoms with E-state index in [1.165, 1.54) is 17.3 Å². The number of aliphatic carboxylic acids is 1. The zero-order valence-corrected chi connectivity index (χ0v) is 15.7. The maximum absolute atomic E-state index is 12.7. The van der Waals surface area contributed by atoms with Crippen molar-refractivity contribution in [3.05, 3.63) is 57.0 Å². The van der Waals surface area contributed by atoms with Crippen molar-refractivity contribution < 1.29 is 9.90 Å². The number of benzene rings is 1. The van der Waals surface area contributed by atoms with E-state index in [4.69, 9.17) is 5.11 Å². The molecule has 2 rings (SSSR count). The Morgan fingerprint density at radius 2 is 1.96 bits per heavy atom. The molecular weight excluding hydrogens is 336 g/mol. The number of hydrogen-bond donors (Lipinski definition) is 1. The number of carbonyl (C=O) groups is 1. The van der Waals surface area contributed by atoms with Gasteiger partial charge in [-0.3, -0.25) is 14.2 Å². The molecule has 1 aromatic carbocycles. The first-order valence-electron chi connectivity index (χ1n) is 8.35. The Bertz CT molecular complexity index is 815. The van der Waals surface area contributed by atoms with Gasteiger partial charge in [-0.15, -0.1) is 0 Å². The van der Waals surface area contributed by atoms with Crippen molar-refractivity contribution in [2.24, 2.45) is 7.05 Å². The predicted octanol–water partition coefficient (Wildman–Crippen LogP) is 3.33. The van der Waals surface area contributed by atoms with E-state index in [0.717, 1.165) is 29.0 Å². The van der Waals surface area contributed by atoms with E-state index >= 15 is 0 Å². The molecule has 0 atom stereocenters. The fourth-order valence-electron chi connectivity index (χ4n) is 2.60. The highest BCUT2D eigenvalue weighted by atomic mass is 32.2. The minimum absolute atomic E-state index is 0.0104. The molecule has 2 aromatic rings. The minimum Gasteiger partial charge on any atom is -0.481 e. The molecule has 0 spiro atoms. The van der Waals surface area contributed by atoms with Crippen molar-refractivity contribution in [1.29, 1.82) is 0 Å². The summed E-state index contributed by atoms with van der Waals surface area (Å²) in [4.78, 5) is 27.9. The third-order valence-corrected chi connectivity index (χ3v) is 5.31. The monoisotopic (exact) mass is 360 g/mol. The van der Waals surface area contributed by atoms with Crippen molar-refractivity contribution in [2.45, 2.75) is 44.7 Å². The van der Waals surface area contributed by atoms with Gasteiger partial charge in [0, 0.05) is 36.9 Å². The molecule has 1 N–H and O–H groups in total. The summed E-state index contributed by atoms with van der Waals surface area (Å²) in [5.74, 6) is -0.0173. The van der Waals surface area contributed by atoms with Crippen LogP contribution in [0, 0.1) is 13.8 Å². The van der Waals surface area contributed by atoms with Crippen LogP contribution in [-0.4, -0.2) is 26.4 Å². The number of thioether (sulfide) groups is 1. The first kappa shape index (κ1) is 19.2. The Morgan fingerprint density at radius 1 is 1.24 bits per heavy atom. The quantitative estimate of drug-likeness (QED) is 0.444. The van der Waals surface area contributed by atoms with Crippen LogP contribution in [0.4, 0.5) is 0 Å². The summed E-state index contributed by atoms with van der Waals surface area (Å²) >= 11 is 1.50. The molecule has 6 heteroatoms. The fourth-order valence-corrected chi connectivity index (χ4v) is 3.61. The van der Waals surface area contributed by atoms with Crippen LogP contribution in [0.3, 0.4) is 0 Å². The molecule has 134 valence electrons. The molecule has 25 heavy (non-hydrogen) atoms. The molecule has 0 aliphatic carbocycles. The van der Waals surface area contributed by atoms with Crippen molar-refractivity contribution in [1.82, 2.24) is 9.55 Å².